The van der Waals surface area contributed by atoms with Gasteiger partial charge in [0.15, 0.2) is 0 Å². The van der Waals surface area contributed by atoms with Crippen LogP contribution in [0.3, 0.4) is 0 Å². The van der Waals surface area contributed by atoms with Gasteiger partial charge < -0.3 is 10.6 Å². The molecule has 0 radical (unpaired) electrons. The summed E-state index contributed by atoms with van der Waals surface area (Å²) in [5.74, 6) is 0.765. The number of hydrogen-bond donors (Lipinski definition) is 2. The van der Waals surface area contributed by atoms with Gasteiger partial charge in [0.2, 0.25) is 5.91 Å². The molecule has 1 aromatic rings. The summed E-state index contributed by atoms with van der Waals surface area (Å²) in [5, 5.41) is 6.64. The first kappa shape index (κ1) is 11.3. The Bertz CT molecular complexity index is 360. The predicted octanol–water partition coefficient (Wildman–Crippen LogP) is 2.28. The van der Waals surface area contributed by atoms with Gasteiger partial charge in [0.1, 0.15) is 0 Å². The van der Waals surface area contributed by atoms with Crippen LogP contribution in [0.15, 0.2) is 24.3 Å². The molecule has 1 aliphatic carbocycles. The fraction of sp³-hybridized carbons (Fsp3) is 0.417. The van der Waals surface area contributed by atoms with Crippen molar-refractivity contribution in [2.24, 2.45) is 5.92 Å². The number of anilines is 1. The lowest BCUT2D eigenvalue weighted by Gasteiger charge is -2.07. The summed E-state index contributed by atoms with van der Waals surface area (Å²) < 4.78 is 0. The topological polar surface area (TPSA) is 41.1 Å². The van der Waals surface area contributed by atoms with Crippen molar-refractivity contribution in [1.82, 2.24) is 5.32 Å². The lowest BCUT2D eigenvalue weighted by molar-refractivity contribution is -0.119. The molecule has 1 aliphatic rings. The monoisotopic (exact) mass is 238 g/mol. The summed E-state index contributed by atoms with van der Waals surface area (Å²) >= 11 is 5.76. The number of amides is 1. The quantitative estimate of drug-likeness (QED) is 0.827. The molecule has 3 nitrogen and oxygen atoms in total. The minimum atomic E-state index is 0.0434. The number of benzene rings is 1. The number of hydrogen-bond acceptors (Lipinski definition) is 2. The first-order valence-electron chi connectivity index (χ1n) is 5.50. The van der Waals surface area contributed by atoms with Crippen molar-refractivity contribution in [3.8, 4) is 0 Å². The Morgan fingerprint density at radius 1 is 1.31 bits per heavy atom. The van der Waals surface area contributed by atoms with Gasteiger partial charge in [0.25, 0.3) is 0 Å². The molecule has 86 valence electrons. The van der Waals surface area contributed by atoms with Crippen LogP contribution in [0, 0.1) is 5.92 Å². The molecule has 1 aromatic carbocycles. The zero-order valence-electron chi connectivity index (χ0n) is 9.00. The zero-order chi connectivity index (χ0) is 11.4. The minimum absolute atomic E-state index is 0.0434. The van der Waals surface area contributed by atoms with Crippen molar-refractivity contribution in [2.45, 2.75) is 12.8 Å². The molecular weight excluding hydrogens is 224 g/mol. The van der Waals surface area contributed by atoms with Gasteiger partial charge in [0.05, 0.1) is 6.54 Å². The molecule has 0 spiro atoms. The molecule has 2 rings (SSSR count). The Labute approximate surface area is 100 Å². The molecule has 0 unspecified atom stereocenters. The first-order valence-corrected chi connectivity index (χ1v) is 5.88. The van der Waals surface area contributed by atoms with Crippen molar-refractivity contribution < 1.29 is 4.79 Å². The molecule has 0 bridgehead atoms. The van der Waals surface area contributed by atoms with Crippen molar-refractivity contribution in [1.29, 1.82) is 0 Å². The van der Waals surface area contributed by atoms with Crippen LogP contribution in [0.25, 0.3) is 0 Å². The largest absolute Gasteiger partial charge is 0.376 e. The van der Waals surface area contributed by atoms with E-state index in [2.05, 4.69) is 10.6 Å². The van der Waals surface area contributed by atoms with Gasteiger partial charge in [-0.25, -0.2) is 0 Å². The molecule has 0 heterocycles. The molecule has 0 aliphatic heterocycles. The standard InChI is InChI=1S/C12H15ClN2O/c13-10-3-5-11(6-4-10)14-8-12(16)15-7-9-1-2-9/h3-6,9,14H,1-2,7-8H2,(H,15,16). The maximum atomic E-state index is 11.4. The van der Waals surface area contributed by atoms with E-state index >= 15 is 0 Å². The number of rotatable bonds is 5. The van der Waals surface area contributed by atoms with Gasteiger partial charge in [-0.15, -0.1) is 0 Å². The minimum Gasteiger partial charge on any atom is -0.376 e. The first-order chi connectivity index (χ1) is 7.74. The maximum Gasteiger partial charge on any atom is 0.239 e. The van der Waals surface area contributed by atoms with E-state index in [1.165, 1.54) is 12.8 Å². The van der Waals surface area contributed by atoms with E-state index in [0.29, 0.717) is 11.6 Å². The highest BCUT2D eigenvalue weighted by Gasteiger charge is 2.21. The maximum absolute atomic E-state index is 11.4. The van der Waals surface area contributed by atoms with E-state index in [-0.39, 0.29) is 5.91 Å². The zero-order valence-corrected chi connectivity index (χ0v) is 9.76. The number of halogens is 1. The highest BCUT2D eigenvalue weighted by Crippen LogP contribution is 2.27. The van der Waals surface area contributed by atoms with Gasteiger partial charge in [-0.2, -0.15) is 0 Å². The average molecular weight is 239 g/mol. The fourth-order valence-electron chi connectivity index (χ4n) is 1.39. The van der Waals surface area contributed by atoms with Crippen molar-refractivity contribution in [3.63, 3.8) is 0 Å². The molecule has 2 N–H and O–H groups in total. The fourth-order valence-corrected chi connectivity index (χ4v) is 1.52. The van der Waals surface area contributed by atoms with Crippen LogP contribution >= 0.6 is 11.6 Å². The molecule has 1 fully saturated rings. The molecule has 0 aromatic heterocycles. The normalized spacial score (nSPS) is 14.6. The number of carbonyl (C=O) groups is 1. The summed E-state index contributed by atoms with van der Waals surface area (Å²) in [7, 11) is 0. The van der Waals surface area contributed by atoms with Crippen LogP contribution in [0.2, 0.25) is 5.02 Å². The van der Waals surface area contributed by atoms with E-state index in [9.17, 15) is 4.79 Å². The van der Waals surface area contributed by atoms with Gasteiger partial charge in [-0.05, 0) is 43.0 Å². The Morgan fingerprint density at radius 2 is 2.00 bits per heavy atom. The molecule has 1 amide bonds. The summed E-state index contributed by atoms with van der Waals surface area (Å²) in [6, 6.07) is 7.31. The van der Waals surface area contributed by atoms with Crippen molar-refractivity contribution >= 4 is 23.2 Å². The summed E-state index contributed by atoms with van der Waals surface area (Å²) in [6.07, 6.45) is 2.51. The third-order valence-electron chi connectivity index (χ3n) is 2.58. The molecular formula is C12H15ClN2O. The molecule has 1 saturated carbocycles. The van der Waals surface area contributed by atoms with Crippen molar-refractivity contribution in [3.05, 3.63) is 29.3 Å². The van der Waals surface area contributed by atoms with E-state index in [1.54, 1.807) is 12.1 Å². The Morgan fingerprint density at radius 3 is 2.62 bits per heavy atom. The second-order valence-electron chi connectivity index (χ2n) is 4.11. The van der Waals surface area contributed by atoms with Crippen LogP contribution in [-0.2, 0) is 4.79 Å². The Balaban J connectivity index is 1.69. The van der Waals surface area contributed by atoms with E-state index < -0.39 is 0 Å². The van der Waals surface area contributed by atoms with Crippen LogP contribution in [0.5, 0.6) is 0 Å². The smallest absolute Gasteiger partial charge is 0.239 e. The van der Waals surface area contributed by atoms with Crippen LogP contribution < -0.4 is 10.6 Å². The number of nitrogens with one attached hydrogen (secondary N) is 2. The van der Waals surface area contributed by atoms with E-state index in [1.807, 2.05) is 12.1 Å². The second kappa shape index (κ2) is 5.21. The predicted molar refractivity (Wildman–Crippen MR) is 65.7 cm³/mol. The SMILES string of the molecule is O=C(CNc1ccc(Cl)cc1)NCC1CC1. The van der Waals surface area contributed by atoms with Crippen LogP contribution in [0.4, 0.5) is 5.69 Å². The number of carbonyl (C=O) groups excluding carboxylic acids is 1. The lowest BCUT2D eigenvalue weighted by Crippen LogP contribution is -2.31. The molecule has 16 heavy (non-hydrogen) atoms. The highest BCUT2D eigenvalue weighted by molar-refractivity contribution is 6.30. The van der Waals surface area contributed by atoms with Crippen molar-refractivity contribution in [2.75, 3.05) is 18.4 Å². The van der Waals surface area contributed by atoms with Gasteiger partial charge >= 0.3 is 0 Å². The Kier molecular flexibility index (Phi) is 3.67. The van der Waals surface area contributed by atoms with Crippen LogP contribution in [0.1, 0.15) is 12.8 Å². The second-order valence-corrected chi connectivity index (χ2v) is 4.54. The average Bonchev–Trinajstić information content (AvgIpc) is 3.09. The van der Waals surface area contributed by atoms with Crippen LogP contribution in [-0.4, -0.2) is 19.0 Å². The lowest BCUT2D eigenvalue weighted by atomic mass is 10.3. The molecule has 0 atom stereocenters. The van der Waals surface area contributed by atoms with E-state index in [0.717, 1.165) is 18.2 Å². The summed E-state index contributed by atoms with van der Waals surface area (Å²) in [6.45, 7) is 1.13. The van der Waals surface area contributed by atoms with Gasteiger partial charge in [-0.3, -0.25) is 4.79 Å². The summed E-state index contributed by atoms with van der Waals surface area (Å²) in [5.41, 5.74) is 0.908. The van der Waals surface area contributed by atoms with E-state index in [4.69, 9.17) is 11.6 Å². The third-order valence-corrected chi connectivity index (χ3v) is 2.83. The van der Waals surface area contributed by atoms with Gasteiger partial charge in [0, 0.05) is 17.3 Å². The highest BCUT2D eigenvalue weighted by atomic mass is 35.5. The third kappa shape index (κ3) is 3.74. The van der Waals surface area contributed by atoms with Gasteiger partial charge in [-0.1, -0.05) is 11.6 Å². The summed E-state index contributed by atoms with van der Waals surface area (Å²) in [4.78, 5) is 11.4. The molecule has 0 saturated heterocycles. The Hall–Kier alpha value is -1.22. The molecule has 4 heteroatoms.